The monoisotopic (exact) mass is 286 g/mol. The first-order chi connectivity index (χ1) is 8.91. The molecule has 0 saturated carbocycles. The normalized spacial score (nSPS) is 13.4. The summed E-state index contributed by atoms with van der Waals surface area (Å²) in [4.78, 5) is 34.0. The van der Waals surface area contributed by atoms with Crippen molar-refractivity contribution in [3.05, 3.63) is 22.4 Å². The molecule has 1 rings (SSSR count). The number of aliphatic hydroxyl groups excluding tert-OH is 1. The minimum Gasteiger partial charge on any atom is -0.479 e. The lowest BCUT2D eigenvalue weighted by Gasteiger charge is -2.14. The molecule has 0 saturated heterocycles. The predicted octanol–water partition coefficient (Wildman–Crippen LogP) is -0.572. The molecule has 8 heteroatoms. The van der Waals surface area contributed by atoms with Gasteiger partial charge in [0.2, 0.25) is 5.91 Å². The molecule has 1 aromatic rings. The number of hydrogen-bond donors (Lipinski definition) is 4. The van der Waals surface area contributed by atoms with Gasteiger partial charge in [-0.25, -0.2) is 4.79 Å². The van der Waals surface area contributed by atoms with Gasteiger partial charge in [0.1, 0.15) is 6.04 Å². The van der Waals surface area contributed by atoms with Crippen LogP contribution in [0.1, 0.15) is 16.6 Å². The number of carboxylic acids is 1. The minimum atomic E-state index is -1.66. The van der Waals surface area contributed by atoms with E-state index in [9.17, 15) is 14.4 Å². The van der Waals surface area contributed by atoms with Crippen LogP contribution >= 0.6 is 11.3 Å². The Hall–Kier alpha value is -1.93. The maximum absolute atomic E-state index is 11.6. The van der Waals surface area contributed by atoms with Crippen molar-refractivity contribution in [2.24, 2.45) is 0 Å². The first-order valence-electron chi connectivity index (χ1n) is 5.44. The van der Waals surface area contributed by atoms with E-state index in [1.165, 1.54) is 18.3 Å². The van der Waals surface area contributed by atoms with Crippen LogP contribution in [-0.2, 0) is 9.59 Å². The van der Waals surface area contributed by atoms with Crippen LogP contribution in [-0.4, -0.2) is 46.7 Å². The molecular formula is C11H14N2O5S. The second-order valence-corrected chi connectivity index (χ2v) is 4.72. The van der Waals surface area contributed by atoms with Crippen LogP contribution in [0.2, 0.25) is 0 Å². The van der Waals surface area contributed by atoms with Crippen molar-refractivity contribution in [1.82, 2.24) is 10.6 Å². The molecule has 0 bridgehead atoms. The first kappa shape index (κ1) is 15.1. The lowest BCUT2D eigenvalue weighted by atomic mass is 10.2. The second kappa shape index (κ2) is 6.86. The van der Waals surface area contributed by atoms with Crippen LogP contribution in [0.5, 0.6) is 0 Å². The van der Waals surface area contributed by atoms with Crippen molar-refractivity contribution < 1.29 is 24.6 Å². The van der Waals surface area contributed by atoms with Crippen molar-refractivity contribution >= 4 is 29.1 Å². The molecule has 0 aliphatic carbocycles. The van der Waals surface area contributed by atoms with E-state index in [0.717, 1.165) is 0 Å². The molecule has 1 heterocycles. The van der Waals surface area contributed by atoms with Gasteiger partial charge in [-0.05, 0) is 18.4 Å². The highest BCUT2D eigenvalue weighted by molar-refractivity contribution is 7.12. The van der Waals surface area contributed by atoms with Crippen LogP contribution in [0, 0.1) is 0 Å². The number of aliphatic hydroxyl groups is 1. The average molecular weight is 286 g/mol. The average Bonchev–Trinajstić information content (AvgIpc) is 2.88. The molecule has 19 heavy (non-hydrogen) atoms. The van der Waals surface area contributed by atoms with Gasteiger partial charge in [0.25, 0.3) is 5.91 Å². The number of aliphatic carboxylic acids is 1. The van der Waals surface area contributed by atoms with E-state index >= 15 is 0 Å². The summed E-state index contributed by atoms with van der Waals surface area (Å²) in [7, 11) is 0. The summed E-state index contributed by atoms with van der Waals surface area (Å²) in [5, 5.41) is 23.9. The number of carbonyl (C=O) groups is 3. The van der Waals surface area contributed by atoms with Crippen molar-refractivity contribution in [2.75, 3.05) is 6.54 Å². The van der Waals surface area contributed by atoms with E-state index in [4.69, 9.17) is 10.2 Å². The number of thiophene rings is 1. The Labute approximate surface area is 113 Å². The third-order valence-electron chi connectivity index (χ3n) is 2.24. The standard InChI is InChI=1S/C11H14N2O5S/c1-6(9(15)12-5-7(14)11(17)18)13-10(16)8-3-2-4-19-8/h2-4,6-7,14H,5H2,1H3,(H,12,15)(H,13,16)(H,17,18)/t6?,7-/m0/s1. The molecule has 4 N–H and O–H groups in total. The highest BCUT2D eigenvalue weighted by Crippen LogP contribution is 2.07. The Morgan fingerprint density at radius 2 is 2.11 bits per heavy atom. The molecule has 1 unspecified atom stereocenters. The van der Waals surface area contributed by atoms with Gasteiger partial charge in [-0.3, -0.25) is 9.59 Å². The Morgan fingerprint density at radius 1 is 1.42 bits per heavy atom. The number of carbonyl (C=O) groups excluding carboxylic acids is 2. The molecule has 2 amide bonds. The van der Waals surface area contributed by atoms with E-state index in [-0.39, 0.29) is 5.91 Å². The van der Waals surface area contributed by atoms with Gasteiger partial charge in [0.15, 0.2) is 6.10 Å². The number of amides is 2. The lowest BCUT2D eigenvalue weighted by Crippen LogP contribution is -2.47. The van der Waals surface area contributed by atoms with Gasteiger partial charge in [-0.2, -0.15) is 0 Å². The zero-order valence-electron chi connectivity index (χ0n) is 10.1. The molecule has 7 nitrogen and oxygen atoms in total. The summed E-state index contributed by atoms with van der Waals surface area (Å²) in [6.45, 7) is 1.06. The zero-order chi connectivity index (χ0) is 14.4. The number of hydrogen-bond acceptors (Lipinski definition) is 5. The molecular weight excluding hydrogens is 272 g/mol. The summed E-state index contributed by atoms with van der Waals surface area (Å²) in [6.07, 6.45) is -1.66. The van der Waals surface area contributed by atoms with Crippen LogP contribution in [0.4, 0.5) is 0 Å². The minimum absolute atomic E-state index is 0.378. The van der Waals surface area contributed by atoms with Crippen LogP contribution < -0.4 is 10.6 Å². The summed E-state index contributed by atoms with van der Waals surface area (Å²) in [6, 6.07) is 2.52. The van der Waals surface area contributed by atoms with Gasteiger partial charge >= 0.3 is 5.97 Å². The Kier molecular flexibility index (Phi) is 5.46. The van der Waals surface area contributed by atoms with Gasteiger partial charge in [-0.15, -0.1) is 11.3 Å². The maximum Gasteiger partial charge on any atom is 0.334 e. The fraction of sp³-hybridized carbons (Fsp3) is 0.364. The highest BCUT2D eigenvalue weighted by Gasteiger charge is 2.19. The molecule has 0 aliphatic rings. The molecule has 0 spiro atoms. The third kappa shape index (κ3) is 4.68. The largest absolute Gasteiger partial charge is 0.479 e. The van der Waals surface area contributed by atoms with Crippen molar-refractivity contribution in [2.45, 2.75) is 19.1 Å². The Balaban J connectivity index is 2.41. The molecule has 2 atom stereocenters. The molecule has 0 aromatic carbocycles. The van der Waals surface area contributed by atoms with Gasteiger partial charge in [0, 0.05) is 0 Å². The quantitative estimate of drug-likeness (QED) is 0.559. The Morgan fingerprint density at radius 3 is 2.63 bits per heavy atom. The van der Waals surface area contributed by atoms with Crippen LogP contribution in [0.25, 0.3) is 0 Å². The summed E-state index contributed by atoms with van der Waals surface area (Å²) in [5.41, 5.74) is 0. The fourth-order valence-corrected chi connectivity index (χ4v) is 1.81. The Bertz CT molecular complexity index is 460. The van der Waals surface area contributed by atoms with Gasteiger partial charge < -0.3 is 20.8 Å². The van der Waals surface area contributed by atoms with E-state index in [1.54, 1.807) is 17.5 Å². The van der Waals surface area contributed by atoms with Gasteiger partial charge in [0.05, 0.1) is 11.4 Å². The number of rotatable bonds is 6. The summed E-state index contributed by atoms with van der Waals surface area (Å²) in [5.74, 6) is -2.36. The predicted molar refractivity (Wildman–Crippen MR) is 67.9 cm³/mol. The zero-order valence-corrected chi connectivity index (χ0v) is 10.9. The molecule has 104 valence electrons. The summed E-state index contributed by atoms with van der Waals surface area (Å²) >= 11 is 1.25. The smallest absolute Gasteiger partial charge is 0.334 e. The van der Waals surface area contributed by atoms with Gasteiger partial charge in [-0.1, -0.05) is 6.07 Å². The third-order valence-corrected chi connectivity index (χ3v) is 3.11. The van der Waals surface area contributed by atoms with Crippen LogP contribution in [0.3, 0.4) is 0 Å². The lowest BCUT2D eigenvalue weighted by molar-refractivity contribution is -0.146. The van der Waals surface area contributed by atoms with Crippen molar-refractivity contribution in [3.63, 3.8) is 0 Å². The fourth-order valence-electron chi connectivity index (χ4n) is 1.18. The molecule has 1 aromatic heterocycles. The summed E-state index contributed by atoms with van der Waals surface area (Å²) < 4.78 is 0. The maximum atomic E-state index is 11.6. The molecule has 0 radical (unpaired) electrons. The topological polar surface area (TPSA) is 116 Å². The highest BCUT2D eigenvalue weighted by atomic mass is 32.1. The molecule has 0 aliphatic heterocycles. The number of carboxylic acid groups (broad SMARTS) is 1. The first-order valence-corrected chi connectivity index (χ1v) is 6.32. The van der Waals surface area contributed by atoms with Crippen molar-refractivity contribution in [3.8, 4) is 0 Å². The van der Waals surface area contributed by atoms with E-state index < -0.39 is 30.6 Å². The van der Waals surface area contributed by atoms with E-state index in [2.05, 4.69) is 10.6 Å². The van der Waals surface area contributed by atoms with E-state index in [0.29, 0.717) is 4.88 Å². The SMILES string of the molecule is CC(NC(=O)c1cccs1)C(=O)NC[C@H](O)C(=O)O. The molecule has 0 fully saturated rings. The van der Waals surface area contributed by atoms with Crippen molar-refractivity contribution in [1.29, 1.82) is 0 Å². The second-order valence-electron chi connectivity index (χ2n) is 3.77. The van der Waals surface area contributed by atoms with Crippen LogP contribution in [0.15, 0.2) is 17.5 Å². The van der Waals surface area contributed by atoms with E-state index in [1.807, 2.05) is 0 Å². The number of nitrogens with one attached hydrogen (secondary N) is 2.